The molecule has 48 heavy (non-hydrogen) atoms. The third-order valence-electron chi connectivity index (χ3n) is 11.3. The molecule has 0 rings (SSSR count). The van der Waals surface area contributed by atoms with E-state index < -0.39 is 5.72 Å². The molecule has 0 heterocycles. The fraction of sp³-hybridized carbons (Fsp3) is 1.00. The molecular weight excluding hydrogens is 585 g/mol. The monoisotopic (exact) mass is 679 g/mol. The minimum absolute atomic E-state index is 0.158. The highest BCUT2D eigenvalue weighted by atomic mass is 16.3. The van der Waals surface area contributed by atoms with Crippen LogP contribution in [0.4, 0.5) is 0 Å². The Labute approximate surface area is 305 Å². The lowest BCUT2D eigenvalue weighted by Crippen LogP contribution is -2.60. The molecule has 0 aliphatic heterocycles. The van der Waals surface area contributed by atoms with Crippen molar-refractivity contribution in [1.29, 1.82) is 0 Å². The van der Waals surface area contributed by atoms with Crippen LogP contribution in [0.25, 0.3) is 0 Å². The molecule has 0 radical (unpaired) electrons. The molecular formula is C45H94N2O. The molecule has 2 N–H and O–H groups in total. The van der Waals surface area contributed by atoms with Gasteiger partial charge in [-0.05, 0) is 52.2 Å². The Hall–Kier alpha value is -0.120. The van der Waals surface area contributed by atoms with Gasteiger partial charge in [0.25, 0.3) is 0 Å². The first kappa shape index (κ1) is 47.9. The highest BCUT2D eigenvalue weighted by Crippen LogP contribution is 2.21. The van der Waals surface area contributed by atoms with E-state index >= 15 is 0 Å². The van der Waals surface area contributed by atoms with Crippen molar-refractivity contribution in [3.63, 3.8) is 0 Å². The average Bonchev–Trinajstić information content (AvgIpc) is 3.10. The van der Waals surface area contributed by atoms with Gasteiger partial charge in [-0.1, -0.05) is 227 Å². The van der Waals surface area contributed by atoms with Gasteiger partial charge in [0.15, 0.2) is 0 Å². The van der Waals surface area contributed by atoms with Crippen molar-refractivity contribution in [2.24, 2.45) is 0 Å². The number of hydrogen-bond acceptors (Lipinski definition) is 3. The second kappa shape index (κ2) is 38.1. The fourth-order valence-electron chi connectivity index (χ4n) is 7.60. The first-order chi connectivity index (χ1) is 23.6. The number of unbranched alkanes of at least 4 members (excludes halogenated alkanes) is 31. The zero-order valence-electron chi connectivity index (χ0n) is 34.3. The molecule has 0 aliphatic rings. The van der Waals surface area contributed by atoms with E-state index in [-0.39, 0.29) is 6.04 Å². The summed E-state index contributed by atoms with van der Waals surface area (Å²) in [5.74, 6) is 0. The lowest BCUT2D eigenvalue weighted by atomic mass is 9.98. The maximum absolute atomic E-state index is 11.8. The predicted octanol–water partition coefficient (Wildman–Crippen LogP) is 14.7. The number of rotatable bonds is 41. The standard InChI is InChI=1S/C45H94N2O/c1-6-10-13-16-19-22-25-27-30-33-36-39-42-47(43-40-37-34-31-28-26-23-20-17-14-11-7-2)44(5)45(48,9-4)46-41-38-35-32-29-24-21-18-15-12-8-3/h44,46,48H,6-43H2,1-5H3. The van der Waals surface area contributed by atoms with Gasteiger partial charge >= 0.3 is 0 Å². The summed E-state index contributed by atoms with van der Waals surface area (Å²) in [7, 11) is 0. The summed E-state index contributed by atoms with van der Waals surface area (Å²) < 4.78 is 0. The molecule has 2 unspecified atom stereocenters. The largest absolute Gasteiger partial charge is 0.374 e. The van der Waals surface area contributed by atoms with Crippen LogP contribution in [0, 0.1) is 0 Å². The molecule has 0 aromatic heterocycles. The minimum Gasteiger partial charge on any atom is -0.374 e. The lowest BCUT2D eigenvalue weighted by Gasteiger charge is -2.41. The first-order valence-corrected chi connectivity index (χ1v) is 22.8. The van der Waals surface area contributed by atoms with E-state index in [2.05, 4.69) is 44.8 Å². The average molecular weight is 679 g/mol. The van der Waals surface area contributed by atoms with Crippen LogP contribution in [-0.4, -0.2) is 41.4 Å². The summed E-state index contributed by atoms with van der Waals surface area (Å²) in [4.78, 5) is 2.65. The van der Waals surface area contributed by atoms with Gasteiger partial charge < -0.3 is 5.11 Å². The van der Waals surface area contributed by atoms with Crippen LogP contribution in [-0.2, 0) is 0 Å². The smallest absolute Gasteiger partial charge is 0.131 e. The van der Waals surface area contributed by atoms with E-state index in [1.54, 1.807) is 0 Å². The van der Waals surface area contributed by atoms with Gasteiger partial charge in [-0.15, -0.1) is 0 Å². The van der Waals surface area contributed by atoms with Gasteiger partial charge in [0.05, 0.1) is 0 Å². The Balaban J connectivity index is 4.49. The van der Waals surface area contributed by atoms with Crippen LogP contribution in [0.5, 0.6) is 0 Å². The minimum atomic E-state index is -0.784. The lowest BCUT2D eigenvalue weighted by molar-refractivity contribution is -0.0708. The molecule has 0 saturated carbocycles. The van der Waals surface area contributed by atoms with Crippen LogP contribution in [0.2, 0.25) is 0 Å². The Kier molecular flexibility index (Phi) is 38.0. The normalized spacial score (nSPS) is 13.8. The summed E-state index contributed by atoms with van der Waals surface area (Å²) in [6, 6.07) is 0.158. The Morgan fingerprint density at radius 3 is 0.917 bits per heavy atom. The van der Waals surface area contributed by atoms with E-state index in [0.29, 0.717) is 0 Å². The second-order valence-electron chi connectivity index (χ2n) is 15.9. The molecule has 0 amide bonds. The van der Waals surface area contributed by atoms with Crippen molar-refractivity contribution in [2.45, 2.75) is 271 Å². The Bertz CT molecular complexity index is 570. The Morgan fingerprint density at radius 2 is 0.646 bits per heavy atom. The molecule has 0 fully saturated rings. The summed E-state index contributed by atoms with van der Waals surface area (Å²) in [5.41, 5.74) is -0.784. The van der Waals surface area contributed by atoms with Crippen molar-refractivity contribution in [3.05, 3.63) is 0 Å². The van der Waals surface area contributed by atoms with Gasteiger partial charge in [0.1, 0.15) is 5.72 Å². The van der Waals surface area contributed by atoms with E-state index in [0.717, 1.165) is 26.1 Å². The van der Waals surface area contributed by atoms with Crippen molar-refractivity contribution in [1.82, 2.24) is 10.2 Å². The number of nitrogens with zero attached hydrogens (tertiary/aromatic N) is 1. The summed E-state index contributed by atoms with van der Waals surface area (Å²) in [6.45, 7) is 14.6. The molecule has 0 aromatic carbocycles. The third-order valence-corrected chi connectivity index (χ3v) is 11.3. The molecule has 0 aliphatic carbocycles. The maximum Gasteiger partial charge on any atom is 0.131 e. The number of aliphatic hydroxyl groups is 1. The molecule has 0 saturated heterocycles. The van der Waals surface area contributed by atoms with Crippen molar-refractivity contribution in [3.8, 4) is 0 Å². The molecule has 0 aromatic rings. The van der Waals surface area contributed by atoms with Crippen LogP contribution in [0.15, 0.2) is 0 Å². The van der Waals surface area contributed by atoms with Crippen LogP contribution in [0.1, 0.15) is 259 Å². The van der Waals surface area contributed by atoms with Gasteiger partial charge in [0.2, 0.25) is 0 Å². The number of hydrogen-bond donors (Lipinski definition) is 2. The molecule has 3 nitrogen and oxygen atoms in total. The van der Waals surface area contributed by atoms with E-state index in [9.17, 15) is 5.11 Å². The van der Waals surface area contributed by atoms with Gasteiger partial charge in [0, 0.05) is 6.04 Å². The SMILES string of the molecule is CCCCCCCCCCCCCCN(CCCCCCCCCCCCCC)C(C)C(O)(CC)NCCCCCCCCCCCC. The summed E-state index contributed by atoms with van der Waals surface area (Å²) >= 11 is 0. The quantitative estimate of drug-likeness (QED) is 0.0499. The Morgan fingerprint density at radius 1 is 0.396 bits per heavy atom. The van der Waals surface area contributed by atoms with E-state index in [1.165, 1.54) is 218 Å². The van der Waals surface area contributed by atoms with Crippen molar-refractivity contribution < 1.29 is 5.11 Å². The maximum atomic E-state index is 11.8. The first-order valence-electron chi connectivity index (χ1n) is 22.8. The summed E-state index contributed by atoms with van der Waals surface area (Å²) in [5, 5.41) is 15.5. The molecule has 2 atom stereocenters. The fourth-order valence-corrected chi connectivity index (χ4v) is 7.60. The van der Waals surface area contributed by atoms with E-state index in [1.807, 2.05) is 0 Å². The molecule has 290 valence electrons. The topological polar surface area (TPSA) is 35.5 Å². The van der Waals surface area contributed by atoms with Crippen molar-refractivity contribution >= 4 is 0 Å². The molecule has 0 bridgehead atoms. The van der Waals surface area contributed by atoms with Crippen LogP contribution < -0.4 is 5.32 Å². The molecule has 3 heteroatoms. The van der Waals surface area contributed by atoms with Crippen molar-refractivity contribution in [2.75, 3.05) is 19.6 Å². The number of nitrogens with one attached hydrogen (secondary N) is 1. The van der Waals surface area contributed by atoms with Crippen LogP contribution >= 0.6 is 0 Å². The zero-order chi connectivity index (χ0) is 35.2. The summed E-state index contributed by atoms with van der Waals surface area (Å²) in [6.07, 6.45) is 48.0. The predicted molar refractivity (Wildman–Crippen MR) is 218 cm³/mol. The second-order valence-corrected chi connectivity index (χ2v) is 15.9. The van der Waals surface area contributed by atoms with Gasteiger partial charge in [-0.2, -0.15) is 0 Å². The third kappa shape index (κ3) is 30.7. The van der Waals surface area contributed by atoms with Crippen LogP contribution in [0.3, 0.4) is 0 Å². The van der Waals surface area contributed by atoms with Gasteiger partial charge in [-0.3, -0.25) is 10.2 Å². The zero-order valence-corrected chi connectivity index (χ0v) is 34.3. The molecule has 0 spiro atoms. The van der Waals surface area contributed by atoms with E-state index in [4.69, 9.17) is 0 Å². The highest BCUT2D eigenvalue weighted by molar-refractivity contribution is 4.87. The van der Waals surface area contributed by atoms with Gasteiger partial charge in [-0.25, -0.2) is 0 Å². The highest BCUT2D eigenvalue weighted by Gasteiger charge is 2.34.